The van der Waals surface area contributed by atoms with Crippen molar-refractivity contribution in [2.75, 3.05) is 26.2 Å². The van der Waals surface area contributed by atoms with E-state index in [2.05, 4.69) is 17.4 Å². The predicted molar refractivity (Wildman–Crippen MR) is 76.4 cm³/mol. The largest absolute Gasteiger partial charge is 0.401 e. The van der Waals surface area contributed by atoms with E-state index in [1.54, 1.807) is 4.90 Å². The summed E-state index contributed by atoms with van der Waals surface area (Å²) in [5.74, 6) is 0.262. The van der Waals surface area contributed by atoms with E-state index < -0.39 is 12.7 Å². The molecule has 1 unspecified atom stereocenters. The van der Waals surface area contributed by atoms with Gasteiger partial charge in [-0.15, -0.1) is 0 Å². The summed E-state index contributed by atoms with van der Waals surface area (Å²) in [6.45, 7) is 1.39. The third-order valence-corrected chi connectivity index (χ3v) is 4.62. The zero-order valence-corrected chi connectivity index (χ0v) is 12.0. The highest BCUT2D eigenvalue weighted by atomic mass is 19.4. The van der Waals surface area contributed by atoms with Crippen LogP contribution in [-0.4, -0.2) is 43.3 Å². The molecule has 2 aliphatic rings. The van der Waals surface area contributed by atoms with Gasteiger partial charge in [0.05, 0.1) is 6.54 Å². The first kappa shape index (κ1) is 14.9. The lowest BCUT2D eigenvalue weighted by Gasteiger charge is -2.40. The number of hydrogen-bond donors (Lipinski definition) is 1. The standard InChI is InChI=1S/C16H21F3N2/c17-16(18,19)11-21(14-5-7-20-8-6-14)10-13-9-12-3-1-2-4-15(12)13/h1-4,13-14,20H,5-11H2. The Bertz CT molecular complexity index is 481. The van der Waals surface area contributed by atoms with Crippen molar-refractivity contribution in [3.05, 3.63) is 35.4 Å². The molecule has 0 bridgehead atoms. The molecule has 0 amide bonds. The van der Waals surface area contributed by atoms with Crippen molar-refractivity contribution in [1.29, 1.82) is 0 Å². The summed E-state index contributed by atoms with van der Waals surface area (Å²) in [5.41, 5.74) is 2.53. The smallest absolute Gasteiger partial charge is 0.317 e. The van der Waals surface area contributed by atoms with Crippen LogP contribution in [0.3, 0.4) is 0 Å². The second kappa shape index (κ2) is 5.97. The van der Waals surface area contributed by atoms with Crippen molar-refractivity contribution >= 4 is 0 Å². The zero-order chi connectivity index (χ0) is 14.9. The van der Waals surface area contributed by atoms with Gasteiger partial charge in [0.25, 0.3) is 0 Å². The van der Waals surface area contributed by atoms with Gasteiger partial charge in [0.2, 0.25) is 0 Å². The van der Waals surface area contributed by atoms with Gasteiger partial charge in [0.1, 0.15) is 0 Å². The number of rotatable bonds is 4. The first-order chi connectivity index (χ1) is 10.0. The molecule has 116 valence electrons. The van der Waals surface area contributed by atoms with E-state index in [9.17, 15) is 13.2 Å². The van der Waals surface area contributed by atoms with Crippen LogP contribution in [0.2, 0.25) is 0 Å². The average Bonchev–Trinajstić information content (AvgIpc) is 2.43. The number of benzene rings is 1. The third-order valence-electron chi connectivity index (χ3n) is 4.62. The normalized spacial score (nSPS) is 23.0. The number of hydrogen-bond acceptors (Lipinski definition) is 2. The van der Waals surface area contributed by atoms with Crippen LogP contribution in [0.25, 0.3) is 0 Å². The van der Waals surface area contributed by atoms with Crippen LogP contribution in [0.5, 0.6) is 0 Å². The fourth-order valence-electron chi connectivity index (χ4n) is 3.55. The molecule has 1 aromatic carbocycles. The van der Waals surface area contributed by atoms with Crippen molar-refractivity contribution in [3.63, 3.8) is 0 Å². The highest BCUT2D eigenvalue weighted by molar-refractivity contribution is 5.40. The molecular formula is C16H21F3N2. The molecular weight excluding hydrogens is 277 g/mol. The quantitative estimate of drug-likeness (QED) is 0.919. The summed E-state index contributed by atoms with van der Waals surface area (Å²) < 4.78 is 38.6. The third kappa shape index (κ3) is 3.58. The maximum absolute atomic E-state index is 12.9. The van der Waals surface area contributed by atoms with E-state index in [4.69, 9.17) is 0 Å². The minimum Gasteiger partial charge on any atom is -0.317 e. The Morgan fingerprint density at radius 3 is 2.52 bits per heavy atom. The fraction of sp³-hybridized carbons (Fsp3) is 0.625. The molecule has 0 saturated carbocycles. The molecule has 5 heteroatoms. The molecule has 1 aliphatic heterocycles. The van der Waals surface area contributed by atoms with Crippen molar-refractivity contribution in [1.82, 2.24) is 10.2 Å². The Morgan fingerprint density at radius 2 is 1.86 bits per heavy atom. The van der Waals surface area contributed by atoms with Gasteiger partial charge < -0.3 is 5.32 Å². The number of alkyl halides is 3. The van der Waals surface area contributed by atoms with Crippen LogP contribution in [0.4, 0.5) is 13.2 Å². The highest BCUT2D eigenvalue weighted by Crippen LogP contribution is 2.36. The van der Waals surface area contributed by atoms with Crippen molar-refractivity contribution < 1.29 is 13.2 Å². The van der Waals surface area contributed by atoms with Gasteiger partial charge in [-0.3, -0.25) is 4.90 Å². The predicted octanol–water partition coefficient (Wildman–Crippen LogP) is 2.94. The molecule has 0 aromatic heterocycles. The molecule has 1 N–H and O–H groups in total. The molecule has 2 nitrogen and oxygen atoms in total. The summed E-state index contributed by atoms with van der Waals surface area (Å²) in [6, 6.07) is 8.15. The molecule has 21 heavy (non-hydrogen) atoms. The molecule has 1 heterocycles. The van der Waals surface area contributed by atoms with E-state index in [1.807, 2.05) is 12.1 Å². The summed E-state index contributed by atoms with van der Waals surface area (Å²) in [4.78, 5) is 1.67. The van der Waals surface area contributed by atoms with Gasteiger partial charge in [0, 0.05) is 18.5 Å². The topological polar surface area (TPSA) is 15.3 Å². The molecule has 3 rings (SSSR count). The van der Waals surface area contributed by atoms with Crippen LogP contribution in [0.1, 0.15) is 29.9 Å². The summed E-state index contributed by atoms with van der Waals surface area (Å²) in [7, 11) is 0. The van der Waals surface area contributed by atoms with Gasteiger partial charge in [-0.25, -0.2) is 0 Å². The lowest BCUT2D eigenvalue weighted by atomic mass is 9.77. The van der Waals surface area contributed by atoms with E-state index >= 15 is 0 Å². The number of halogens is 3. The van der Waals surface area contributed by atoms with Crippen LogP contribution in [0.15, 0.2) is 24.3 Å². The fourth-order valence-corrected chi connectivity index (χ4v) is 3.55. The zero-order valence-electron chi connectivity index (χ0n) is 12.0. The molecule has 1 aliphatic carbocycles. The maximum Gasteiger partial charge on any atom is 0.401 e. The van der Waals surface area contributed by atoms with E-state index in [1.165, 1.54) is 11.1 Å². The van der Waals surface area contributed by atoms with Gasteiger partial charge >= 0.3 is 6.18 Å². The molecule has 1 fully saturated rings. The van der Waals surface area contributed by atoms with E-state index in [0.29, 0.717) is 6.54 Å². The van der Waals surface area contributed by atoms with Crippen LogP contribution in [-0.2, 0) is 6.42 Å². The first-order valence-corrected chi connectivity index (χ1v) is 7.62. The average molecular weight is 298 g/mol. The molecule has 1 aromatic rings. The van der Waals surface area contributed by atoms with E-state index in [0.717, 1.165) is 32.4 Å². The second-order valence-corrected chi connectivity index (χ2v) is 6.13. The van der Waals surface area contributed by atoms with Gasteiger partial charge in [0.15, 0.2) is 0 Å². The van der Waals surface area contributed by atoms with E-state index in [-0.39, 0.29) is 12.0 Å². The summed E-state index contributed by atoms with van der Waals surface area (Å²) >= 11 is 0. The second-order valence-electron chi connectivity index (χ2n) is 6.13. The Kier molecular flexibility index (Phi) is 4.22. The molecule has 0 radical (unpaired) electrons. The SMILES string of the molecule is FC(F)(F)CN(CC1Cc2ccccc21)C1CCNCC1. The Balaban J connectivity index is 1.68. The number of nitrogens with one attached hydrogen (secondary N) is 1. The van der Waals surface area contributed by atoms with Crippen molar-refractivity contribution in [3.8, 4) is 0 Å². The van der Waals surface area contributed by atoms with Gasteiger partial charge in [-0.1, -0.05) is 24.3 Å². The Hall–Kier alpha value is -1.07. The minimum absolute atomic E-state index is 0.0561. The molecule has 0 spiro atoms. The summed E-state index contributed by atoms with van der Waals surface area (Å²) in [5, 5.41) is 3.22. The van der Waals surface area contributed by atoms with Crippen molar-refractivity contribution in [2.24, 2.45) is 0 Å². The monoisotopic (exact) mass is 298 g/mol. The van der Waals surface area contributed by atoms with Crippen LogP contribution >= 0.6 is 0 Å². The van der Waals surface area contributed by atoms with Gasteiger partial charge in [-0.05, 0) is 43.5 Å². The van der Waals surface area contributed by atoms with Crippen LogP contribution < -0.4 is 5.32 Å². The maximum atomic E-state index is 12.9. The first-order valence-electron chi connectivity index (χ1n) is 7.62. The Morgan fingerprint density at radius 1 is 1.14 bits per heavy atom. The number of nitrogens with zero attached hydrogens (tertiary/aromatic N) is 1. The highest BCUT2D eigenvalue weighted by Gasteiger charge is 2.37. The van der Waals surface area contributed by atoms with Gasteiger partial charge in [-0.2, -0.15) is 13.2 Å². The molecule has 1 saturated heterocycles. The number of fused-ring (bicyclic) bond motifs is 1. The molecule has 1 atom stereocenters. The lowest BCUT2D eigenvalue weighted by molar-refractivity contribution is -0.152. The lowest BCUT2D eigenvalue weighted by Crippen LogP contribution is -2.49. The number of piperidine rings is 1. The summed E-state index contributed by atoms with van der Waals surface area (Å²) in [6.07, 6.45) is -1.58. The minimum atomic E-state index is -4.12. The van der Waals surface area contributed by atoms with Crippen LogP contribution in [0, 0.1) is 0 Å². The Labute approximate surface area is 123 Å². The van der Waals surface area contributed by atoms with Crippen molar-refractivity contribution in [2.45, 2.75) is 37.4 Å².